The Balaban J connectivity index is 2.65. The fourth-order valence-corrected chi connectivity index (χ4v) is 2.87. The van der Waals surface area contributed by atoms with Crippen molar-refractivity contribution in [1.29, 1.82) is 0 Å². The number of amides is 2. The molecule has 0 unspecified atom stereocenters. The minimum Gasteiger partial charge on any atom is -0.343 e. The Labute approximate surface area is 140 Å². The van der Waals surface area contributed by atoms with E-state index in [0.29, 0.717) is 11.6 Å². The Morgan fingerprint density at radius 3 is 1.91 bits per heavy atom. The molecule has 0 heterocycles. The van der Waals surface area contributed by atoms with Gasteiger partial charge in [0.05, 0.1) is 0 Å². The second kappa shape index (κ2) is 7.16. The summed E-state index contributed by atoms with van der Waals surface area (Å²) in [6.07, 6.45) is 0.780. The molecule has 2 amide bonds. The molecule has 0 aliphatic heterocycles. The highest BCUT2D eigenvalue weighted by Crippen LogP contribution is 2.26. The van der Waals surface area contributed by atoms with Crippen molar-refractivity contribution in [2.75, 3.05) is 5.32 Å². The Morgan fingerprint density at radius 1 is 0.957 bits per heavy atom. The number of carbonyl (C=O) groups is 2. The van der Waals surface area contributed by atoms with Crippen LogP contribution in [-0.4, -0.2) is 17.4 Å². The number of hydrogen-bond acceptors (Lipinski definition) is 2. The van der Waals surface area contributed by atoms with E-state index in [0.717, 1.165) is 6.42 Å². The van der Waals surface area contributed by atoms with Crippen LogP contribution in [0.4, 0.5) is 5.69 Å². The molecule has 1 aromatic rings. The van der Waals surface area contributed by atoms with Gasteiger partial charge in [-0.3, -0.25) is 9.59 Å². The number of nitrogens with one attached hydrogen (secondary N) is 2. The van der Waals surface area contributed by atoms with Gasteiger partial charge in [0.15, 0.2) is 0 Å². The Morgan fingerprint density at radius 2 is 1.48 bits per heavy atom. The van der Waals surface area contributed by atoms with Crippen molar-refractivity contribution in [2.24, 2.45) is 5.41 Å². The summed E-state index contributed by atoms with van der Waals surface area (Å²) < 4.78 is 0. The first-order chi connectivity index (χ1) is 10.4. The summed E-state index contributed by atoms with van der Waals surface area (Å²) in [5, 5.41) is 5.45. The minimum atomic E-state index is -0.635. The van der Waals surface area contributed by atoms with Crippen LogP contribution in [0, 0.1) is 5.41 Å². The Hall–Kier alpha value is -1.84. The van der Waals surface area contributed by atoms with Crippen molar-refractivity contribution in [3.8, 4) is 0 Å². The lowest BCUT2D eigenvalue weighted by molar-refractivity contribution is -0.137. The van der Waals surface area contributed by atoms with Crippen LogP contribution in [0.3, 0.4) is 0 Å². The standard InChI is InChI=1S/C19H30N2O2/c1-13(2)14-8-10-15(11-9-14)20-16(22)17(23)21-19(6,7)12-18(3,4)5/h8-11,13H,12H2,1-7H3,(H,20,22)(H,21,23). The molecule has 0 bridgehead atoms. The molecule has 23 heavy (non-hydrogen) atoms. The number of benzene rings is 1. The van der Waals surface area contributed by atoms with Crippen LogP contribution in [0.1, 0.15) is 66.4 Å². The topological polar surface area (TPSA) is 58.2 Å². The molecule has 0 saturated carbocycles. The van der Waals surface area contributed by atoms with Gasteiger partial charge in [0.2, 0.25) is 0 Å². The van der Waals surface area contributed by atoms with Gasteiger partial charge in [-0.2, -0.15) is 0 Å². The molecule has 0 aromatic heterocycles. The summed E-state index contributed by atoms with van der Waals surface area (Å²) in [4.78, 5) is 24.2. The minimum absolute atomic E-state index is 0.0694. The quantitative estimate of drug-likeness (QED) is 0.822. The van der Waals surface area contributed by atoms with Crippen LogP contribution >= 0.6 is 0 Å². The van der Waals surface area contributed by atoms with E-state index in [1.807, 2.05) is 38.1 Å². The van der Waals surface area contributed by atoms with Crippen LogP contribution in [0.5, 0.6) is 0 Å². The number of anilines is 1. The second-order valence-corrected chi connectivity index (χ2v) is 8.31. The fraction of sp³-hybridized carbons (Fsp3) is 0.579. The van der Waals surface area contributed by atoms with Gasteiger partial charge in [-0.25, -0.2) is 0 Å². The average molecular weight is 318 g/mol. The highest BCUT2D eigenvalue weighted by Gasteiger charge is 2.29. The monoisotopic (exact) mass is 318 g/mol. The molecule has 0 radical (unpaired) electrons. The van der Waals surface area contributed by atoms with E-state index < -0.39 is 17.4 Å². The van der Waals surface area contributed by atoms with Crippen molar-refractivity contribution in [3.05, 3.63) is 29.8 Å². The lowest BCUT2D eigenvalue weighted by Crippen LogP contribution is -2.49. The summed E-state index contributed by atoms with van der Waals surface area (Å²) in [5.74, 6) is -0.808. The fourth-order valence-electron chi connectivity index (χ4n) is 2.87. The van der Waals surface area contributed by atoms with Gasteiger partial charge in [0, 0.05) is 11.2 Å². The first-order valence-electron chi connectivity index (χ1n) is 8.13. The van der Waals surface area contributed by atoms with E-state index in [4.69, 9.17) is 0 Å². The maximum absolute atomic E-state index is 12.1. The van der Waals surface area contributed by atoms with E-state index in [1.165, 1.54) is 5.56 Å². The summed E-state index contributed by atoms with van der Waals surface area (Å²) in [5.41, 5.74) is 1.45. The Bertz CT molecular complexity index is 552. The molecule has 1 rings (SSSR count). The summed E-state index contributed by atoms with van der Waals surface area (Å²) in [6, 6.07) is 7.56. The molecule has 4 nitrogen and oxygen atoms in total. The van der Waals surface area contributed by atoms with Gasteiger partial charge in [-0.15, -0.1) is 0 Å². The average Bonchev–Trinajstić information content (AvgIpc) is 2.35. The van der Waals surface area contributed by atoms with Crippen molar-refractivity contribution >= 4 is 17.5 Å². The van der Waals surface area contributed by atoms with Gasteiger partial charge in [0.1, 0.15) is 0 Å². The molecule has 4 heteroatoms. The van der Waals surface area contributed by atoms with Crippen LogP contribution in [0.15, 0.2) is 24.3 Å². The molecule has 128 valence electrons. The van der Waals surface area contributed by atoms with Crippen LogP contribution < -0.4 is 10.6 Å². The zero-order valence-electron chi connectivity index (χ0n) is 15.4. The number of hydrogen-bond donors (Lipinski definition) is 2. The Kier molecular flexibility index (Phi) is 5.98. The van der Waals surface area contributed by atoms with Crippen LogP contribution in [0.25, 0.3) is 0 Å². The molecule has 0 fully saturated rings. The molecule has 0 spiro atoms. The molecule has 0 atom stereocenters. The third-order valence-corrected chi connectivity index (χ3v) is 3.47. The number of rotatable bonds is 4. The third-order valence-electron chi connectivity index (χ3n) is 3.47. The van der Waals surface area contributed by atoms with Gasteiger partial charge >= 0.3 is 11.8 Å². The smallest absolute Gasteiger partial charge is 0.313 e. The van der Waals surface area contributed by atoms with E-state index in [9.17, 15) is 9.59 Å². The van der Waals surface area contributed by atoms with Gasteiger partial charge < -0.3 is 10.6 Å². The van der Waals surface area contributed by atoms with Crippen molar-refractivity contribution in [2.45, 2.75) is 66.3 Å². The highest BCUT2D eigenvalue weighted by atomic mass is 16.2. The molecular weight excluding hydrogens is 288 g/mol. The van der Waals surface area contributed by atoms with Crippen molar-refractivity contribution in [3.63, 3.8) is 0 Å². The normalized spacial score (nSPS) is 12.2. The molecule has 0 aliphatic rings. The lowest BCUT2D eigenvalue weighted by Gasteiger charge is -2.33. The van der Waals surface area contributed by atoms with Crippen LogP contribution in [0.2, 0.25) is 0 Å². The predicted molar refractivity (Wildman–Crippen MR) is 95.5 cm³/mol. The van der Waals surface area contributed by atoms with Gasteiger partial charge in [0.25, 0.3) is 0 Å². The molecule has 0 saturated heterocycles. The summed E-state index contributed by atoms with van der Waals surface area (Å²) >= 11 is 0. The molecular formula is C19H30N2O2. The first-order valence-corrected chi connectivity index (χ1v) is 8.13. The van der Waals surface area contributed by atoms with E-state index in [2.05, 4.69) is 45.3 Å². The largest absolute Gasteiger partial charge is 0.343 e. The maximum atomic E-state index is 12.1. The van der Waals surface area contributed by atoms with Gasteiger partial charge in [-0.1, -0.05) is 46.8 Å². The van der Waals surface area contributed by atoms with Crippen molar-refractivity contribution in [1.82, 2.24) is 5.32 Å². The zero-order valence-corrected chi connectivity index (χ0v) is 15.4. The van der Waals surface area contributed by atoms with E-state index in [-0.39, 0.29) is 5.41 Å². The van der Waals surface area contributed by atoms with Gasteiger partial charge in [-0.05, 0) is 49.3 Å². The predicted octanol–water partition coefficient (Wildman–Crippen LogP) is 4.08. The third kappa shape index (κ3) is 6.85. The van der Waals surface area contributed by atoms with Crippen LogP contribution in [-0.2, 0) is 9.59 Å². The first kappa shape index (κ1) is 19.2. The highest BCUT2D eigenvalue weighted by molar-refractivity contribution is 6.39. The van der Waals surface area contributed by atoms with Crippen molar-refractivity contribution < 1.29 is 9.59 Å². The van der Waals surface area contributed by atoms with E-state index >= 15 is 0 Å². The SMILES string of the molecule is CC(C)c1ccc(NC(=O)C(=O)NC(C)(C)CC(C)(C)C)cc1. The molecule has 1 aromatic carbocycles. The summed E-state index contributed by atoms with van der Waals surface area (Å²) in [6.45, 7) is 14.4. The maximum Gasteiger partial charge on any atom is 0.313 e. The summed E-state index contributed by atoms with van der Waals surface area (Å²) in [7, 11) is 0. The zero-order chi connectivity index (χ0) is 17.8. The number of carbonyl (C=O) groups excluding carboxylic acids is 2. The molecule has 2 N–H and O–H groups in total. The lowest BCUT2D eigenvalue weighted by atomic mass is 9.82. The van der Waals surface area contributed by atoms with E-state index in [1.54, 1.807) is 0 Å². The molecule has 0 aliphatic carbocycles. The second-order valence-electron chi connectivity index (χ2n) is 8.31.